The van der Waals surface area contributed by atoms with Crippen molar-refractivity contribution in [3.8, 4) is 0 Å². The molecule has 3 fully saturated rings. The van der Waals surface area contributed by atoms with Crippen molar-refractivity contribution in [3.63, 3.8) is 0 Å². The molecule has 3 aliphatic rings. The van der Waals surface area contributed by atoms with Gasteiger partial charge in [0.1, 0.15) is 0 Å². The van der Waals surface area contributed by atoms with Crippen molar-refractivity contribution < 1.29 is 4.74 Å². The van der Waals surface area contributed by atoms with Crippen LogP contribution in [-0.2, 0) is 4.74 Å². The zero-order valence-electron chi connectivity index (χ0n) is 13.6. The highest BCUT2D eigenvalue weighted by Gasteiger charge is 2.44. The largest absolute Gasteiger partial charge is 0.374 e. The van der Waals surface area contributed by atoms with Gasteiger partial charge in [-0.25, -0.2) is 0 Å². The molecule has 0 aromatic rings. The normalized spacial score (nSPS) is 37.4. The highest BCUT2D eigenvalue weighted by atomic mass is 16.5. The maximum absolute atomic E-state index is 6.07. The smallest absolute Gasteiger partial charge is 0.0706 e. The van der Waals surface area contributed by atoms with Gasteiger partial charge in [0, 0.05) is 30.7 Å². The van der Waals surface area contributed by atoms with Crippen LogP contribution in [0.15, 0.2) is 0 Å². The molecule has 2 heterocycles. The SMILES string of the molecule is CC1CCC(CN2CC3(CCCCC3)NCC2(C)C)O1. The van der Waals surface area contributed by atoms with Crippen LogP contribution < -0.4 is 5.32 Å². The first-order valence-corrected chi connectivity index (χ1v) is 8.65. The summed E-state index contributed by atoms with van der Waals surface area (Å²) in [4.78, 5) is 2.72. The van der Waals surface area contributed by atoms with E-state index in [4.69, 9.17) is 4.74 Å². The summed E-state index contributed by atoms with van der Waals surface area (Å²) in [6.07, 6.45) is 10.4. The highest BCUT2D eigenvalue weighted by Crippen LogP contribution is 2.35. The predicted octanol–water partition coefficient (Wildman–Crippen LogP) is 2.94. The molecule has 2 atom stereocenters. The molecule has 1 saturated carbocycles. The summed E-state index contributed by atoms with van der Waals surface area (Å²) in [5.41, 5.74) is 0.663. The van der Waals surface area contributed by atoms with E-state index in [1.165, 1.54) is 51.5 Å². The molecule has 0 radical (unpaired) electrons. The molecule has 3 rings (SSSR count). The Labute approximate surface area is 124 Å². The molecular formula is C17H32N2O. The van der Waals surface area contributed by atoms with Gasteiger partial charge in [0.25, 0.3) is 0 Å². The van der Waals surface area contributed by atoms with Crippen LogP contribution in [0, 0.1) is 0 Å². The highest BCUT2D eigenvalue weighted by molar-refractivity contribution is 5.03. The minimum atomic E-state index is 0.262. The topological polar surface area (TPSA) is 24.5 Å². The van der Waals surface area contributed by atoms with E-state index in [0.717, 1.165) is 13.1 Å². The number of nitrogens with zero attached hydrogens (tertiary/aromatic N) is 1. The summed E-state index contributed by atoms with van der Waals surface area (Å²) in [5, 5.41) is 3.91. The van der Waals surface area contributed by atoms with Crippen molar-refractivity contribution in [2.75, 3.05) is 19.6 Å². The van der Waals surface area contributed by atoms with Crippen molar-refractivity contribution in [3.05, 3.63) is 0 Å². The van der Waals surface area contributed by atoms with Crippen LogP contribution in [0.5, 0.6) is 0 Å². The second kappa shape index (κ2) is 5.58. The lowest BCUT2D eigenvalue weighted by Crippen LogP contribution is -2.69. The van der Waals surface area contributed by atoms with Crippen molar-refractivity contribution in [2.45, 2.75) is 89.0 Å². The summed E-state index contributed by atoms with van der Waals surface area (Å²) in [6, 6.07) is 0. The minimum Gasteiger partial charge on any atom is -0.374 e. The number of hydrogen-bond donors (Lipinski definition) is 1. The zero-order chi connectivity index (χ0) is 14.2. The Morgan fingerprint density at radius 3 is 2.55 bits per heavy atom. The second-order valence-corrected chi connectivity index (χ2v) is 8.03. The lowest BCUT2D eigenvalue weighted by atomic mass is 9.77. The van der Waals surface area contributed by atoms with Crippen molar-refractivity contribution >= 4 is 0 Å². The lowest BCUT2D eigenvalue weighted by Gasteiger charge is -2.54. The average molecular weight is 280 g/mol. The molecule has 0 amide bonds. The Bertz CT molecular complexity index is 336. The van der Waals surface area contributed by atoms with Gasteiger partial charge in [-0.15, -0.1) is 0 Å². The van der Waals surface area contributed by atoms with Crippen LogP contribution >= 0.6 is 0 Å². The van der Waals surface area contributed by atoms with Gasteiger partial charge in [-0.2, -0.15) is 0 Å². The fourth-order valence-electron chi connectivity index (χ4n) is 4.29. The van der Waals surface area contributed by atoms with Gasteiger partial charge in [-0.1, -0.05) is 19.3 Å². The first-order valence-electron chi connectivity index (χ1n) is 8.65. The number of rotatable bonds is 2. The van der Waals surface area contributed by atoms with Gasteiger partial charge >= 0.3 is 0 Å². The maximum atomic E-state index is 6.07. The van der Waals surface area contributed by atoms with Crippen LogP contribution in [0.1, 0.15) is 65.7 Å². The van der Waals surface area contributed by atoms with E-state index >= 15 is 0 Å². The van der Waals surface area contributed by atoms with Crippen molar-refractivity contribution in [2.24, 2.45) is 0 Å². The van der Waals surface area contributed by atoms with Crippen LogP contribution in [0.2, 0.25) is 0 Å². The van der Waals surface area contributed by atoms with Gasteiger partial charge in [0.2, 0.25) is 0 Å². The molecule has 0 aromatic carbocycles. The molecule has 3 heteroatoms. The fraction of sp³-hybridized carbons (Fsp3) is 1.00. The molecule has 1 aliphatic carbocycles. The molecule has 1 N–H and O–H groups in total. The Morgan fingerprint density at radius 2 is 1.90 bits per heavy atom. The van der Waals surface area contributed by atoms with Gasteiger partial charge < -0.3 is 10.1 Å². The molecule has 2 aliphatic heterocycles. The molecule has 2 saturated heterocycles. The van der Waals surface area contributed by atoms with Crippen LogP contribution in [0.25, 0.3) is 0 Å². The van der Waals surface area contributed by atoms with Gasteiger partial charge in [-0.05, 0) is 46.5 Å². The minimum absolute atomic E-state index is 0.262. The third kappa shape index (κ3) is 3.05. The Morgan fingerprint density at radius 1 is 1.15 bits per heavy atom. The average Bonchev–Trinajstić information content (AvgIpc) is 2.82. The van der Waals surface area contributed by atoms with E-state index in [0.29, 0.717) is 17.7 Å². The van der Waals surface area contributed by atoms with Gasteiger partial charge in [0.15, 0.2) is 0 Å². The number of piperazine rings is 1. The van der Waals surface area contributed by atoms with Crippen molar-refractivity contribution in [1.82, 2.24) is 10.2 Å². The monoisotopic (exact) mass is 280 g/mol. The quantitative estimate of drug-likeness (QED) is 0.841. The third-order valence-electron chi connectivity index (χ3n) is 5.80. The van der Waals surface area contributed by atoms with E-state index in [9.17, 15) is 0 Å². The first kappa shape index (κ1) is 14.8. The summed E-state index contributed by atoms with van der Waals surface area (Å²) in [7, 11) is 0. The summed E-state index contributed by atoms with van der Waals surface area (Å²) in [5.74, 6) is 0. The van der Waals surface area contributed by atoms with E-state index in [2.05, 4.69) is 31.0 Å². The first-order chi connectivity index (χ1) is 9.49. The van der Waals surface area contributed by atoms with E-state index in [1.807, 2.05) is 0 Å². The number of ether oxygens (including phenoxy) is 1. The number of hydrogen-bond acceptors (Lipinski definition) is 3. The standard InChI is InChI=1S/C17H32N2O/c1-14-7-8-15(20-14)11-19-13-17(9-5-4-6-10-17)18-12-16(19,2)3/h14-15,18H,4-13H2,1-3H3. The van der Waals surface area contributed by atoms with E-state index < -0.39 is 0 Å². The molecule has 2 unspecified atom stereocenters. The second-order valence-electron chi connectivity index (χ2n) is 8.03. The Balaban J connectivity index is 1.65. The van der Waals surface area contributed by atoms with Gasteiger partial charge in [0.05, 0.1) is 12.2 Å². The summed E-state index contributed by atoms with van der Waals surface area (Å²) in [6.45, 7) is 10.4. The maximum Gasteiger partial charge on any atom is 0.0706 e. The number of nitrogens with one attached hydrogen (secondary N) is 1. The summed E-state index contributed by atoms with van der Waals surface area (Å²) >= 11 is 0. The Hall–Kier alpha value is -0.120. The van der Waals surface area contributed by atoms with Crippen LogP contribution in [-0.4, -0.2) is 47.8 Å². The Kier molecular flexibility index (Phi) is 4.13. The fourth-order valence-corrected chi connectivity index (χ4v) is 4.29. The lowest BCUT2D eigenvalue weighted by molar-refractivity contribution is -0.0348. The molecule has 116 valence electrons. The molecule has 3 nitrogen and oxygen atoms in total. The van der Waals surface area contributed by atoms with Crippen LogP contribution in [0.3, 0.4) is 0 Å². The molecular weight excluding hydrogens is 248 g/mol. The molecule has 20 heavy (non-hydrogen) atoms. The zero-order valence-corrected chi connectivity index (χ0v) is 13.6. The molecule has 1 spiro atoms. The third-order valence-corrected chi connectivity index (χ3v) is 5.80. The van der Waals surface area contributed by atoms with Gasteiger partial charge in [-0.3, -0.25) is 4.90 Å². The van der Waals surface area contributed by atoms with Crippen LogP contribution in [0.4, 0.5) is 0 Å². The molecule has 0 aromatic heterocycles. The summed E-state index contributed by atoms with van der Waals surface area (Å²) < 4.78 is 6.07. The molecule has 0 bridgehead atoms. The van der Waals surface area contributed by atoms with Crippen molar-refractivity contribution in [1.29, 1.82) is 0 Å². The predicted molar refractivity (Wildman–Crippen MR) is 83.0 cm³/mol. The van der Waals surface area contributed by atoms with E-state index in [-0.39, 0.29) is 5.54 Å². The van der Waals surface area contributed by atoms with E-state index in [1.54, 1.807) is 0 Å².